The summed E-state index contributed by atoms with van der Waals surface area (Å²) in [6.45, 7) is 0. The highest BCUT2D eigenvalue weighted by Crippen LogP contribution is 2.38. The van der Waals surface area contributed by atoms with Crippen LogP contribution in [-0.4, -0.2) is 63.4 Å². The highest BCUT2D eigenvalue weighted by molar-refractivity contribution is 7.19. The standard InChI is InChI=1S/C24H33N3O8S/c1-33-20(28)16-17(21(29)34-2)19(36-18(16)22(30)35-3)27(23(31)25-14-10-6-4-7-11-14)24(32)26-15-12-8-5-9-13-15/h14-15H,4-13H2,1-3H3,(H,25,31)(H,26,32). The minimum Gasteiger partial charge on any atom is -0.465 e. The second kappa shape index (κ2) is 12.7. The molecule has 12 heteroatoms. The average molecular weight is 524 g/mol. The molecule has 0 spiro atoms. The van der Waals surface area contributed by atoms with Crippen LogP contribution in [0.15, 0.2) is 0 Å². The highest BCUT2D eigenvalue weighted by atomic mass is 32.1. The number of thiophene rings is 1. The Hall–Kier alpha value is -3.15. The van der Waals surface area contributed by atoms with E-state index in [-0.39, 0.29) is 22.0 Å². The summed E-state index contributed by atoms with van der Waals surface area (Å²) in [6.07, 6.45) is 8.99. The zero-order valence-electron chi connectivity index (χ0n) is 20.8. The van der Waals surface area contributed by atoms with E-state index in [1.165, 1.54) is 0 Å². The van der Waals surface area contributed by atoms with E-state index in [1.807, 2.05) is 0 Å². The highest BCUT2D eigenvalue weighted by Gasteiger charge is 2.40. The van der Waals surface area contributed by atoms with E-state index in [0.29, 0.717) is 11.3 Å². The lowest BCUT2D eigenvalue weighted by Crippen LogP contribution is -2.53. The Morgan fingerprint density at radius 2 is 1.08 bits per heavy atom. The van der Waals surface area contributed by atoms with Gasteiger partial charge in [0.05, 0.1) is 21.3 Å². The van der Waals surface area contributed by atoms with Gasteiger partial charge in [0.2, 0.25) is 0 Å². The van der Waals surface area contributed by atoms with Gasteiger partial charge in [0, 0.05) is 12.1 Å². The van der Waals surface area contributed by atoms with Crippen LogP contribution in [0, 0.1) is 0 Å². The minimum atomic E-state index is -1.00. The first kappa shape index (κ1) is 27.4. The molecule has 2 saturated carbocycles. The summed E-state index contributed by atoms with van der Waals surface area (Å²) in [6, 6.07) is -1.79. The van der Waals surface area contributed by atoms with Crippen molar-refractivity contribution >= 4 is 46.3 Å². The molecule has 1 heterocycles. The Balaban J connectivity index is 2.11. The van der Waals surface area contributed by atoms with Crippen LogP contribution < -0.4 is 15.5 Å². The third-order valence-corrected chi connectivity index (χ3v) is 7.67. The molecule has 11 nitrogen and oxygen atoms in total. The normalized spacial score (nSPS) is 16.5. The number of methoxy groups -OCH3 is 3. The van der Waals surface area contributed by atoms with Crippen molar-refractivity contribution in [2.24, 2.45) is 0 Å². The number of carbonyl (C=O) groups is 5. The minimum absolute atomic E-state index is 0.141. The molecule has 1 aromatic rings. The van der Waals surface area contributed by atoms with Crippen LogP contribution in [-0.2, 0) is 14.2 Å². The van der Waals surface area contributed by atoms with Gasteiger partial charge in [-0.15, -0.1) is 11.3 Å². The fourth-order valence-electron chi connectivity index (χ4n) is 4.65. The second-order valence-corrected chi connectivity index (χ2v) is 9.86. The average Bonchev–Trinajstić information content (AvgIpc) is 3.28. The van der Waals surface area contributed by atoms with Gasteiger partial charge in [-0.25, -0.2) is 28.9 Å². The largest absolute Gasteiger partial charge is 0.465 e. The van der Waals surface area contributed by atoms with Crippen LogP contribution in [0.3, 0.4) is 0 Å². The molecule has 2 aliphatic carbocycles. The number of hydrogen-bond donors (Lipinski definition) is 2. The SMILES string of the molecule is COC(=O)c1sc(N(C(=O)NC2CCCCC2)C(=O)NC2CCCCC2)c(C(=O)OC)c1C(=O)OC. The molecule has 0 unspecified atom stereocenters. The van der Waals surface area contributed by atoms with Gasteiger partial charge in [0.15, 0.2) is 0 Å². The molecule has 4 amide bonds. The lowest BCUT2D eigenvalue weighted by Gasteiger charge is -2.29. The number of nitrogens with zero attached hydrogens (tertiary/aromatic N) is 1. The van der Waals surface area contributed by atoms with Gasteiger partial charge in [-0.05, 0) is 25.7 Å². The number of carbonyl (C=O) groups excluding carboxylic acids is 5. The zero-order chi connectivity index (χ0) is 26.2. The maximum Gasteiger partial charge on any atom is 0.349 e. The third kappa shape index (κ3) is 6.15. The van der Waals surface area contributed by atoms with Crippen molar-refractivity contribution < 1.29 is 38.2 Å². The fourth-order valence-corrected chi connectivity index (χ4v) is 5.84. The summed E-state index contributed by atoms with van der Waals surface area (Å²) < 4.78 is 14.5. The van der Waals surface area contributed by atoms with Gasteiger partial charge in [-0.2, -0.15) is 0 Å². The van der Waals surface area contributed by atoms with Gasteiger partial charge in [0.1, 0.15) is 21.0 Å². The molecule has 3 rings (SSSR count). The van der Waals surface area contributed by atoms with Crippen LogP contribution in [0.25, 0.3) is 0 Å². The molecule has 0 saturated heterocycles. The molecule has 0 aromatic carbocycles. The maximum atomic E-state index is 13.5. The Morgan fingerprint density at radius 1 is 0.667 bits per heavy atom. The number of ether oxygens (including phenoxy) is 3. The van der Waals surface area contributed by atoms with E-state index in [0.717, 1.165) is 90.4 Å². The summed E-state index contributed by atoms with van der Waals surface area (Å²) in [5, 5.41) is 5.55. The van der Waals surface area contributed by atoms with E-state index in [2.05, 4.69) is 10.6 Å². The van der Waals surface area contributed by atoms with Crippen LogP contribution in [0.5, 0.6) is 0 Å². The van der Waals surface area contributed by atoms with Crippen molar-refractivity contribution in [2.45, 2.75) is 76.3 Å². The molecular formula is C24H33N3O8S. The molecule has 1 aromatic heterocycles. The molecule has 0 radical (unpaired) electrons. The third-order valence-electron chi connectivity index (χ3n) is 6.51. The summed E-state index contributed by atoms with van der Waals surface area (Å²) in [5.74, 6) is -2.92. The van der Waals surface area contributed by atoms with Crippen LogP contribution in [0.1, 0.15) is 94.6 Å². The first-order chi connectivity index (χ1) is 17.3. The molecule has 0 aliphatic heterocycles. The van der Waals surface area contributed by atoms with Crippen molar-refractivity contribution in [3.05, 3.63) is 16.0 Å². The number of hydrogen-bond acceptors (Lipinski definition) is 9. The van der Waals surface area contributed by atoms with Crippen molar-refractivity contribution in [1.29, 1.82) is 0 Å². The van der Waals surface area contributed by atoms with E-state index in [4.69, 9.17) is 14.2 Å². The smallest absolute Gasteiger partial charge is 0.349 e. The van der Waals surface area contributed by atoms with Crippen molar-refractivity contribution in [3.63, 3.8) is 0 Å². The van der Waals surface area contributed by atoms with Crippen LogP contribution >= 0.6 is 11.3 Å². The quantitative estimate of drug-likeness (QED) is 0.421. The molecule has 2 N–H and O–H groups in total. The number of esters is 3. The van der Waals surface area contributed by atoms with E-state index < -0.39 is 41.1 Å². The monoisotopic (exact) mass is 523 g/mol. The molecule has 2 fully saturated rings. The molecule has 36 heavy (non-hydrogen) atoms. The number of imide groups is 1. The van der Waals surface area contributed by atoms with Crippen molar-refractivity contribution in [2.75, 3.05) is 26.2 Å². The maximum absolute atomic E-state index is 13.5. The number of nitrogens with one attached hydrogen (secondary N) is 2. The summed E-state index contributed by atoms with van der Waals surface area (Å²) in [5.41, 5.74) is -0.829. The number of rotatable bonds is 6. The number of anilines is 1. The Kier molecular flexibility index (Phi) is 9.68. The summed E-state index contributed by atoms with van der Waals surface area (Å²) >= 11 is 0.623. The van der Waals surface area contributed by atoms with Gasteiger partial charge in [-0.1, -0.05) is 38.5 Å². The fraction of sp³-hybridized carbons (Fsp3) is 0.625. The van der Waals surface area contributed by atoms with E-state index >= 15 is 0 Å². The van der Waals surface area contributed by atoms with Gasteiger partial charge < -0.3 is 24.8 Å². The predicted octanol–water partition coefficient (Wildman–Crippen LogP) is 4.00. The van der Waals surface area contributed by atoms with Crippen LogP contribution in [0.2, 0.25) is 0 Å². The molecule has 0 bridgehead atoms. The molecule has 2 aliphatic rings. The lowest BCUT2D eigenvalue weighted by atomic mass is 9.95. The lowest BCUT2D eigenvalue weighted by molar-refractivity contribution is 0.0540. The Labute approximate surface area is 213 Å². The van der Waals surface area contributed by atoms with E-state index in [1.54, 1.807) is 0 Å². The van der Waals surface area contributed by atoms with Crippen LogP contribution in [0.4, 0.5) is 14.6 Å². The van der Waals surface area contributed by atoms with Gasteiger partial charge >= 0.3 is 30.0 Å². The van der Waals surface area contributed by atoms with Crippen molar-refractivity contribution in [3.8, 4) is 0 Å². The van der Waals surface area contributed by atoms with E-state index in [9.17, 15) is 24.0 Å². The first-order valence-corrected chi connectivity index (χ1v) is 13.0. The molecule has 198 valence electrons. The zero-order valence-corrected chi connectivity index (χ0v) is 21.7. The summed E-state index contributed by atoms with van der Waals surface area (Å²) in [4.78, 5) is 65.6. The molecule has 0 atom stereocenters. The predicted molar refractivity (Wildman–Crippen MR) is 132 cm³/mol. The second-order valence-electron chi connectivity index (χ2n) is 8.87. The summed E-state index contributed by atoms with van der Waals surface area (Å²) in [7, 11) is 3.30. The Morgan fingerprint density at radius 3 is 1.50 bits per heavy atom. The van der Waals surface area contributed by atoms with Gasteiger partial charge in [-0.3, -0.25) is 0 Å². The van der Waals surface area contributed by atoms with Crippen molar-refractivity contribution in [1.82, 2.24) is 10.6 Å². The topological polar surface area (TPSA) is 140 Å². The molecular weight excluding hydrogens is 490 g/mol. The van der Waals surface area contributed by atoms with Gasteiger partial charge in [0.25, 0.3) is 0 Å². The number of urea groups is 2. The number of amides is 4. The Bertz CT molecular complexity index is 964. The first-order valence-electron chi connectivity index (χ1n) is 12.1.